The predicted octanol–water partition coefficient (Wildman–Crippen LogP) is 2.24. The van der Waals surface area contributed by atoms with Crippen molar-refractivity contribution in [3.8, 4) is 0 Å². The lowest BCUT2D eigenvalue weighted by atomic mass is 9.95. The largest absolute Gasteiger partial charge is 0.329 e. The van der Waals surface area contributed by atoms with Gasteiger partial charge in [-0.15, -0.1) is 0 Å². The van der Waals surface area contributed by atoms with E-state index in [1.54, 1.807) is 24.3 Å². The number of nitrogens with one attached hydrogen (secondary N) is 1. The molecule has 0 spiro atoms. The predicted molar refractivity (Wildman–Crippen MR) is 76.8 cm³/mol. The third-order valence-corrected chi connectivity index (χ3v) is 5.34. The molecule has 1 aromatic rings. The fourth-order valence-corrected chi connectivity index (χ4v) is 3.50. The lowest BCUT2D eigenvalue weighted by molar-refractivity contribution is 0.363. The summed E-state index contributed by atoms with van der Waals surface area (Å²) in [6.45, 7) is 4.15. The molecule has 0 unspecified atom stereocenters. The van der Waals surface area contributed by atoms with Gasteiger partial charge in [-0.1, -0.05) is 29.8 Å². The van der Waals surface area contributed by atoms with Crippen LogP contribution in [-0.2, 0) is 10.0 Å². The summed E-state index contributed by atoms with van der Waals surface area (Å²) in [5.41, 5.74) is 5.14. The second-order valence-electron chi connectivity index (χ2n) is 4.25. The Balaban J connectivity index is 3.04. The first-order valence-corrected chi connectivity index (χ1v) is 8.16. The van der Waals surface area contributed by atoms with Crippen molar-refractivity contribution >= 4 is 26.0 Å². The Labute approximate surface area is 117 Å². The molecule has 0 aromatic heterocycles. The molecule has 0 radical (unpaired) electrons. The molecule has 0 aliphatic rings. The molecule has 0 bridgehead atoms. The van der Waals surface area contributed by atoms with Crippen molar-refractivity contribution in [1.82, 2.24) is 4.72 Å². The highest BCUT2D eigenvalue weighted by molar-refractivity contribution is 9.10. The summed E-state index contributed by atoms with van der Waals surface area (Å²) < 4.78 is 28.1. The van der Waals surface area contributed by atoms with Gasteiger partial charge in [0.15, 0.2) is 0 Å². The first-order chi connectivity index (χ1) is 8.39. The van der Waals surface area contributed by atoms with Gasteiger partial charge in [0.25, 0.3) is 0 Å². The van der Waals surface area contributed by atoms with Crippen molar-refractivity contribution < 1.29 is 8.42 Å². The molecule has 1 aromatic carbocycles. The highest BCUT2D eigenvalue weighted by Crippen LogP contribution is 2.20. The molecule has 6 heteroatoms. The monoisotopic (exact) mass is 334 g/mol. The van der Waals surface area contributed by atoms with Gasteiger partial charge >= 0.3 is 0 Å². The lowest BCUT2D eigenvalue weighted by Gasteiger charge is -2.30. The fraction of sp³-hybridized carbons (Fsp3) is 0.500. The van der Waals surface area contributed by atoms with Crippen LogP contribution < -0.4 is 10.5 Å². The summed E-state index contributed by atoms with van der Waals surface area (Å²) in [5.74, 6) is 0. The summed E-state index contributed by atoms with van der Waals surface area (Å²) in [5, 5.41) is 0. The minimum Gasteiger partial charge on any atom is -0.329 e. The van der Waals surface area contributed by atoms with Crippen LogP contribution in [-0.4, -0.2) is 20.5 Å². The number of rotatable bonds is 6. The summed E-state index contributed by atoms with van der Waals surface area (Å²) in [4.78, 5) is 0.255. The summed E-state index contributed by atoms with van der Waals surface area (Å²) in [7, 11) is -3.52. The van der Waals surface area contributed by atoms with E-state index in [0.717, 1.165) is 4.47 Å². The smallest absolute Gasteiger partial charge is 0.241 e. The number of sulfonamides is 1. The van der Waals surface area contributed by atoms with E-state index in [-0.39, 0.29) is 11.4 Å². The van der Waals surface area contributed by atoms with Gasteiger partial charge in [0.1, 0.15) is 0 Å². The molecule has 0 saturated heterocycles. The van der Waals surface area contributed by atoms with Gasteiger partial charge in [0, 0.05) is 16.6 Å². The van der Waals surface area contributed by atoms with Crippen LogP contribution >= 0.6 is 15.9 Å². The van der Waals surface area contributed by atoms with Crippen LogP contribution in [0.3, 0.4) is 0 Å². The maximum absolute atomic E-state index is 12.3. The molecule has 102 valence electrons. The average Bonchev–Trinajstić information content (AvgIpc) is 2.37. The Hall–Kier alpha value is -0.430. The number of nitrogens with two attached hydrogens (primary N) is 1. The van der Waals surface area contributed by atoms with Crippen LogP contribution in [0.15, 0.2) is 33.6 Å². The Kier molecular flexibility index (Phi) is 5.33. The highest BCUT2D eigenvalue weighted by Gasteiger charge is 2.30. The maximum Gasteiger partial charge on any atom is 0.241 e. The molecule has 0 fully saturated rings. The Morgan fingerprint density at radius 1 is 1.22 bits per heavy atom. The van der Waals surface area contributed by atoms with E-state index in [2.05, 4.69) is 20.7 Å². The molecule has 1 rings (SSSR count). The number of hydrogen-bond donors (Lipinski definition) is 2. The maximum atomic E-state index is 12.3. The van der Waals surface area contributed by atoms with Crippen molar-refractivity contribution in [3.63, 3.8) is 0 Å². The van der Waals surface area contributed by atoms with Crippen LogP contribution in [0.1, 0.15) is 26.7 Å². The normalized spacial score (nSPS) is 12.7. The minimum absolute atomic E-state index is 0.255. The van der Waals surface area contributed by atoms with Gasteiger partial charge in [-0.05, 0) is 37.1 Å². The minimum atomic E-state index is -3.52. The first-order valence-electron chi connectivity index (χ1n) is 5.89. The van der Waals surface area contributed by atoms with E-state index in [0.29, 0.717) is 12.8 Å². The van der Waals surface area contributed by atoms with Crippen molar-refractivity contribution in [3.05, 3.63) is 28.7 Å². The van der Waals surface area contributed by atoms with Crippen LogP contribution in [0.5, 0.6) is 0 Å². The molecule has 0 aliphatic heterocycles. The second-order valence-corrected chi connectivity index (χ2v) is 6.85. The van der Waals surface area contributed by atoms with Gasteiger partial charge in [0.2, 0.25) is 10.0 Å². The Bertz CT molecular complexity index is 473. The van der Waals surface area contributed by atoms with E-state index >= 15 is 0 Å². The number of benzene rings is 1. The van der Waals surface area contributed by atoms with Crippen molar-refractivity contribution in [1.29, 1.82) is 0 Å². The Morgan fingerprint density at radius 3 is 2.11 bits per heavy atom. The van der Waals surface area contributed by atoms with E-state index in [1.165, 1.54) is 0 Å². The quantitative estimate of drug-likeness (QED) is 0.837. The SMILES string of the molecule is CCC(CC)(CN)NS(=O)(=O)c1ccc(Br)cc1. The summed E-state index contributed by atoms with van der Waals surface area (Å²) in [6, 6.07) is 6.55. The molecule has 0 amide bonds. The molecular weight excluding hydrogens is 316 g/mol. The van der Waals surface area contributed by atoms with Gasteiger partial charge in [-0.2, -0.15) is 0 Å². The zero-order valence-electron chi connectivity index (χ0n) is 10.6. The van der Waals surface area contributed by atoms with Crippen LogP contribution in [0.4, 0.5) is 0 Å². The topological polar surface area (TPSA) is 72.2 Å². The van der Waals surface area contributed by atoms with Crippen LogP contribution in [0, 0.1) is 0 Å². The molecule has 4 nitrogen and oxygen atoms in total. The zero-order valence-corrected chi connectivity index (χ0v) is 13.0. The number of hydrogen-bond acceptors (Lipinski definition) is 3. The zero-order chi connectivity index (χ0) is 13.8. The first kappa shape index (κ1) is 15.6. The molecule has 0 saturated carbocycles. The molecule has 0 heterocycles. The fourth-order valence-electron chi connectivity index (χ4n) is 1.68. The summed E-state index contributed by atoms with van der Waals surface area (Å²) >= 11 is 3.28. The number of halogens is 1. The summed E-state index contributed by atoms with van der Waals surface area (Å²) in [6.07, 6.45) is 1.32. The van der Waals surface area contributed by atoms with Gasteiger partial charge in [-0.3, -0.25) is 0 Å². The van der Waals surface area contributed by atoms with Crippen molar-refractivity contribution in [2.75, 3.05) is 6.54 Å². The van der Waals surface area contributed by atoms with Crippen molar-refractivity contribution in [2.24, 2.45) is 5.73 Å². The third kappa shape index (κ3) is 3.54. The molecule has 0 aliphatic carbocycles. The van der Waals surface area contributed by atoms with Crippen molar-refractivity contribution in [2.45, 2.75) is 37.1 Å². The molecule has 3 N–H and O–H groups in total. The lowest BCUT2D eigenvalue weighted by Crippen LogP contribution is -2.52. The average molecular weight is 335 g/mol. The van der Waals surface area contributed by atoms with Crippen LogP contribution in [0.2, 0.25) is 0 Å². The second kappa shape index (κ2) is 6.14. The highest BCUT2D eigenvalue weighted by atomic mass is 79.9. The molecular formula is C12H19BrN2O2S. The van der Waals surface area contributed by atoms with Gasteiger partial charge in [0.05, 0.1) is 4.90 Å². The van der Waals surface area contributed by atoms with Gasteiger partial charge < -0.3 is 5.73 Å². The van der Waals surface area contributed by atoms with E-state index in [9.17, 15) is 8.42 Å². The van der Waals surface area contributed by atoms with E-state index < -0.39 is 15.6 Å². The van der Waals surface area contributed by atoms with Crippen LogP contribution in [0.25, 0.3) is 0 Å². The van der Waals surface area contributed by atoms with E-state index in [4.69, 9.17) is 5.73 Å². The third-order valence-electron chi connectivity index (χ3n) is 3.22. The van der Waals surface area contributed by atoms with Gasteiger partial charge in [-0.25, -0.2) is 13.1 Å². The standard InChI is InChI=1S/C12H19BrN2O2S/c1-3-12(4-2,9-14)15-18(16,17)11-7-5-10(13)6-8-11/h5-8,15H,3-4,9,14H2,1-2H3. The molecule has 18 heavy (non-hydrogen) atoms. The Morgan fingerprint density at radius 2 is 1.72 bits per heavy atom. The van der Waals surface area contributed by atoms with E-state index in [1.807, 2.05) is 13.8 Å². The molecule has 0 atom stereocenters.